The zero-order chi connectivity index (χ0) is 25.4. The van der Waals surface area contributed by atoms with Crippen LogP contribution < -0.4 is 20.2 Å². The quantitative estimate of drug-likeness (QED) is 0.273. The van der Waals surface area contributed by atoms with Crippen LogP contribution in [0.2, 0.25) is 0 Å². The second-order valence-corrected chi connectivity index (χ2v) is 11.1. The normalized spacial score (nSPS) is 10.7. The molecule has 2 N–H and O–H groups in total. The van der Waals surface area contributed by atoms with Crippen molar-refractivity contribution in [2.45, 2.75) is 27.7 Å². The van der Waals surface area contributed by atoms with E-state index < -0.39 is 0 Å². The number of nitrogens with one attached hydrogen (secondary N) is 2. The van der Waals surface area contributed by atoms with E-state index in [1.165, 1.54) is 9.40 Å². The van der Waals surface area contributed by atoms with Gasteiger partial charge in [0.2, 0.25) is 11.0 Å². The molecule has 0 amide bonds. The Morgan fingerprint density at radius 1 is 0.568 bits per heavy atom. The van der Waals surface area contributed by atoms with Gasteiger partial charge >= 0.3 is 10.1 Å². The minimum absolute atomic E-state index is 0. The number of para-hydroxylation sites is 2. The number of aromatic amines is 2. The summed E-state index contributed by atoms with van der Waals surface area (Å²) in [6.07, 6.45) is 0. The molecular weight excluding hydrogens is 493 g/mol. The van der Waals surface area contributed by atoms with Gasteiger partial charge in [-0.1, -0.05) is 92.8 Å². The van der Waals surface area contributed by atoms with Crippen LogP contribution in [0.3, 0.4) is 0 Å². The van der Waals surface area contributed by atoms with Crippen LogP contribution in [0, 0.1) is 27.7 Å². The average molecular weight is 520 g/mol. The van der Waals surface area contributed by atoms with Gasteiger partial charge in [-0.2, -0.15) is 9.97 Å². The molecule has 0 aliphatic carbocycles. The van der Waals surface area contributed by atoms with E-state index in [1.807, 2.05) is 88.4 Å². The van der Waals surface area contributed by atoms with Crippen molar-refractivity contribution in [2.24, 2.45) is 0 Å². The predicted octanol–water partition coefficient (Wildman–Crippen LogP) is 5.76. The number of rotatable bonds is 2. The molecule has 0 saturated heterocycles. The van der Waals surface area contributed by atoms with Gasteiger partial charge in [-0.3, -0.25) is 0 Å². The fourth-order valence-electron chi connectivity index (χ4n) is 4.32. The summed E-state index contributed by atoms with van der Waals surface area (Å²) in [5.41, 5.74) is 7.54. The molecule has 2 heterocycles. The number of aryl methyl sites for hydroxylation is 4. The predicted molar refractivity (Wildman–Crippen MR) is 151 cm³/mol. The third kappa shape index (κ3) is 5.42. The van der Waals surface area contributed by atoms with Gasteiger partial charge in [-0.15, -0.1) is 0 Å². The molecule has 6 rings (SSSR count). The largest absolute Gasteiger partial charge is 2.00 e. The van der Waals surface area contributed by atoms with Crippen LogP contribution in [-0.4, -0.2) is 10.1 Å². The summed E-state index contributed by atoms with van der Waals surface area (Å²) in [6, 6.07) is 24.0. The monoisotopic (exact) mass is 519 g/mol. The van der Waals surface area contributed by atoms with Crippen molar-refractivity contribution in [1.82, 2.24) is 0 Å². The van der Waals surface area contributed by atoms with E-state index in [9.17, 15) is 10.2 Å². The number of thiazole rings is 2. The number of aromatic nitrogens is 2. The zero-order valence-corrected chi connectivity index (χ0v) is 22.9. The first-order valence-corrected chi connectivity index (χ1v) is 13.3. The van der Waals surface area contributed by atoms with Crippen molar-refractivity contribution in [2.75, 3.05) is 0 Å². The van der Waals surface area contributed by atoms with E-state index in [4.69, 9.17) is 0 Å². The summed E-state index contributed by atoms with van der Waals surface area (Å²) in [4.78, 5) is 6.65. The van der Waals surface area contributed by atoms with E-state index in [-0.39, 0.29) is 21.6 Å². The van der Waals surface area contributed by atoms with Crippen LogP contribution in [-0.2, 0) is 0 Å². The average Bonchev–Trinajstić information content (AvgIpc) is 3.48. The number of hydrogen-bond donors (Lipinski definition) is 0. The van der Waals surface area contributed by atoms with Crippen molar-refractivity contribution in [3.8, 4) is 32.6 Å². The van der Waals surface area contributed by atoms with Gasteiger partial charge in [0, 0.05) is 12.1 Å². The van der Waals surface area contributed by atoms with E-state index in [0.29, 0.717) is 0 Å². The molecule has 0 spiro atoms. The molecule has 180 valence electrons. The fourth-order valence-corrected chi connectivity index (χ4v) is 6.36. The molecule has 0 unspecified atom stereocenters. The van der Waals surface area contributed by atoms with Crippen molar-refractivity contribution in [1.29, 1.82) is 0 Å². The van der Waals surface area contributed by atoms with Crippen LogP contribution in [0.4, 0.5) is 0 Å². The molecule has 7 heteroatoms. The summed E-state index contributed by atoms with van der Waals surface area (Å²) in [5.74, 6) is 0.229. The van der Waals surface area contributed by atoms with Crippen molar-refractivity contribution in [3.63, 3.8) is 0 Å². The first kappa shape index (κ1) is 26.5. The maximum Gasteiger partial charge on any atom is 2.00 e. The van der Waals surface area contributed by atoms with Gasteiger partial charge in [0.25, 0.3) is 10.0 Å². The SMILES string of the molecule is Cc1cc(C)c([O-])c(-c2[nH+]c3ccccc3s2)c1.Cc1cc(C)c([O-])c(-c2[nH+]c3ccccc3s2)c1.[Be+2]. The van der Waals surface area contributed by atoms with Crippen LogP contribution in [0.1, 0.15) is 22.3 Å². The summed E-state index contributed by atoms with van der Waals surface area (Å²) in [6.45, 7) is 7.77. The standard InChI is InChI=1S/2C15H13NOS.Be/c2*1-9-7-10(2)14(17)11(8-9)15-16-12-5-3-4-6-13(12)18-15;/h2*3-8,17H,1-2H3;/q;;+2. The molecule has 0 fully saturated rings. The number of fused-ring (bicyclic) bond motifs is 2. The summed E-state index contributed by atoms with van der Waals surface area (Å²) in [5, 5.41) is 26.2. The van der Waals surface area contributed by atoms with Gasteiger partial charge < -0.3 is 10.2 Å². The fraction of sp³-hybridized carbons (Fsp3) is 0.133. The van der Waals surface area contributed by atoms with Gasteiger partial charge in [0.05, 0.1) is 11.1 Å². The van der Waals surface area contributed by atoms with Crippen molar-refractivity contribution >= 4 is 53.2 Å². The zero-order valence-electron chi connectivity index (χ0n) is 21.3. The summed E-state index contributed by atoms with van der Waals surface area (Å²) in [7, 11) is 0. The summed E-state index contributed by atoms with van der Waals surface area (Å²) < 4.78 is 2.34. The molecule has 0 bridgehead atoms. The molecule has 0 radical (unpaired) electrons. The Hall–Kier alpha value is -3.57. The minimum Gasteiger partial charge on any atom is -0.872 e. The first-order chi connectivity index (χ1) is 17.3. The molecule has 0 saturated carbocycles. The Balaban J connectivity index is 0.000000168. The maximum atomic E-state index is 12.2. The van der Waals surface area contributed by atoms with Crippen LogP contribution in [0.25, 0.3) is 41.6 Å². The number of H-pyrrole nitrogens is 2. The van der Waals surface area contributed by atoms with Gasteiger partial charge in [-0.25, -0.2) is 0 Å². The molecule has 0 atom stereocenters. The smallest absolute Gasteiger partial charge is 0.872 e. The number of benzene rings is 4. The molecular formula is C30H26BeN2O2S2+2. The molecule has 0 aliphatic heterocycles. The molecule has 37 heavy (non-hydrogen) atoms. The van der Waals surface area contributed by atoms with E-state index in [2.05, 4.69) is 22.1 Å². The Kier molecular flexibility index (Phi) is 7.74. The maximum absolute atomic E-state index is 12.2. The Morgan fingerprint density at radius 3 is 1.32 bits per heavy atom. The number of hydrogen-bond acceptors (Lipinski definition) is 4. The van der Waals surface area contributed by atoms with Gasteiger partial charge in [0.15, 0.2) is 0 Å². The topological polar surface area (TPSA) is 74.4 Å². The van der Waals surface area contributed by atoms with Crippen LogP contribution >= 0.6 is 22.7 Å². The Labute approximate surface area is 228 Å². The van der Waals surface area contributed by atoms with Gasteiger partial charge in [0.1, 0.15) is 9.40 Å². The third-order valence-electron chi connectivity index (χ3n) is 6.02. The molecule has 4 nitrogen and oxygen atoms in total. The Morgan fingerprint density at radius 2 is 0.946 bits per heavy atom. The van der Waals surface area contributed by atoms with E-state index >= 15 is 0 Å². The molecule has 6 aromatic rings. The second kappa shape index (κ2) is 10.8. The molecule has 2 aromatic heterocycles. The van der Waals surface area contributed by atoms with Gasteiger partial charge in [-0.05, 0) is 52.0 Å². The van der Waals surface area contributed by atoms with Crippen molar-refractivity contribution in [3.05, 3.63) is 95.1 Å². The van der Waals surface area contributed by atoms with Crippen molar-refractivity contribution < 1.29 is 20.2 Å². The van der Waals surface area contributed by atoms with E-state index in [0.717, 1.165) is 54.4 Å². The minimum atomic E-state index is 0. The third-order valence-corrected chi connectivity index (χ3v) is 8.23. The Bertz CT molecular complexity index is 1530. The van der Waals surface area contributed by atoms with Crippen LogP contribution in [0.15, 0.2) is 72.8 Å². The molecule has 0 aliphatic rings. The van der Waals surface area contributed by atoms with E-state index in [1.54, 1.807) is 22.7 Å². The summed E-state index contributed by atoms with van der Waals surface area (Å²) >= 11 is 3.25. The molecule has 4 aromatic carbocycles. The first-order valence-electron chi connectivity index (χ1n) is 11.7. The second-order valence-electron chi connectivity index (χ2n) is 9.02. The van der Waals surface area contributed by atoms with Crippen LogP contribution in [0.5, 0.6) is 11.5 Å².